The molecule has 0 heterocycles. The van der Waals surface area contributed by atoms with Gasteiger partial charge in [-0.3, -0.25) is 4.79 Å². The van der Waals surface area contributed by atoms with E-state index in [9.17, 15) is 9.90 Å². The van der Waals surface area contributed by atoms with Crippen LogP contribution < -0.4 is 5.32 Å². The van der Waals surface area contributed by atoms with Gasteiger partial charge in [-0.15, -0.1) is 0 Å². The van der Waals surface area contributed by atoms with E-state index in [0.29, 0.717) is 29.8 Å². The van der Waals surface area contributed by atoms with E-state index in [1.165, 1.54) is 0 Å². The zero-order valence-electron chi connectivity index (χ0n) is 10.9. The SMILES string of the molecule is O=C(Cc1ccccc1Cl)NCC1CCCC1CO. The van der Waals surface area contributed by atoms with E-state index in [1.807, 2.05) is 18.2 Å². The summed E-state index contributed by atoms with van der Waals surface area (Å²) < 4.78 is 0. The van der Waals surface area contributed by atoms with Gasteiger partial charge in [0, 0.05) is 18.2 Å². The van der Waals surface area contributed by atoms with E-state index in [1.54, 1.807) is 6.07 Å². The lowest BCUT2D eigenvalue weighted by Gasteiger charge is -2.17. The van der Waals surface area contributed by atoms with Crippen LogP contribution in [0.4, 0.5) is 0 Å². The molecule has 1 aromatic carbocycles. The summed E-state index contributed by atoms with van der Waals surface area (Å²) in [6.45, 7) is 0.888. The van der Waals surface area contributed by atoms with Crippen molar-refractivity contribution in [1.29, 1.82) is 0 Å². The van der Waals surface area contributed by atoms with Crippen molar-refractivity contribution in [2.45, 2.75) is 25.7 Å². The summed E-state index contributed by atoms with van der Waals surface area (Å²) in [4.78, 5) is 11.9. The number of nitrogens with one attached hydrogen (secondary N) is 1. The molecule has 1 amide bonds. The Morgan fingerprint density at radius 3 is 2.79 bits per heavy atom. The number of amides is 1. The Kier molecular flexibility index (Phi) is 5.23. The molecule has 0 bridgehead atoms. The lowest BCUT2D eigenvalue weighted by atomic mass is 9.97. The largest absolute Gasteiger partial charge is 0.396 e. The molecule has 0 radical (unpaired) electrons. The monoisotopic (exact) mass is 281 g/mol. The lowest BCUT2D eigenvalue weighted by molar-refractivity contribution is -0.120. The van der Waals surface area contributed by atoms with Crippen LogP contribution in [0.15, 0.2) is 24.3 Å². The zero-order valence-corrected chi connectivity index (χ0v) is 11.7. The van der Waals surface area contributed by atoms with Crippen LogP contribution in [-0.2, 0) is 11.2 Å². The molecule has 4 heteroatoms. The van der Waals surface area contributed by atoms with Crippen molar-refractivity contribution >= 4 is 17.5 Å². The fourth-order valence-electron chi connectivity index (χ4n) is 2.74. The van der Waals surface area contributed by atoms with Gasteiger partial charge in [-0.2, -0.15) is 0 Å². The average molecular weight is 282 g/mol. The minimum Gasteiger partial charge on any atom is -0.396 e. The minimum absolute atomic E-state index is 0.00307. The van der Waals surface area contributed by atoms with E-state index in [2.05, 4.69) is 5.32 Å². The number of benzene rings is 1. The molecule has 3 nitrogen and oxygen atoms in total. The first kappa shape index (κ1) is 14.4. The lowest BCUT2D eigenvalue weighted by Crippen LogP contribution is -2.32. The van der Waals surface area contributed by atoms with Gasteiger partial charge in [0.05, 0.1) is 6.42 Å². The summed E-state index contributed by atoms with van der Waals surface area (Å²) in [7, 11) is 0. The molecule has 104 valence electrons. The van der Waals surface area contributed by atoms with Gasteiger partial charge in [-0.05, 0) is 36.3 Å². The molecule has 19 heavy (non-hydrogen) atoms. The van der Waals surface area contributed by atoms with Crippen LogP contribution >= 0.6 is 11.6 Å². The Labute approximate surface area is 119 Å². The Hall–Kier alpha value is -1.06. The summed E-state index contributed by atoms with van der Waals surface area (Å²) in [5.41, 5.74) is 0.854. The predicted molar refractivity (Wildman–Crippen MR) is 76.1 cm³/mol. The number of aliphatic hydroxyl groups excluding tert-OH is 1. The van der Waals surface area contributed by atoms with Gasteiger partial charge < -0.3 is 10.4 Å². The topological polar surface area (TPSA) is 49.3 Å². The Morgan fingerprint density at radius 1 is 1.32 bits per heavy atom. The summed E-state index contributed by atoms with van der Waals surface area (Å²) in [6.07, 6.45) is 3.63. The predicted octanol–water partition coefficient (Wildman–Crippen LogP) is 2.41. The van der Waals surface area contributed by atoms with Crippen LogP contribution in [0.2, 0.25) is 5.02 Å². The Morgan fingerprint density at radius 2 is 2.05 bits per heavy atom. The highest BCUT2D eigenvalue weighted by molar-refractivity contribution is 6.31. The van der Waals surface area contributed by atoms with E-state index in [0.717, 1.165) is 24.8 Å². The van der Waals surface area contributed by atoms with Crippen molar-refractivity contribution in [1.82, 2.24) is 5.32 Å². The first-order valence-corrected chi connectivity index (χ1v) is 7.19. The van der Waals surface area contributed by atoms with Gasteiger partial charge in [0.15, 0.2) is 0 Å². The van der Waals surface area contributed by atoms with Crippen molar-refractivity contribution in [2.75, 3.05) is 13.2 Å². The second-order valence-electron chi connectivity index (χ2n) is 5.21. The van der Waals surface area contributed by atoms with Gasteiger partial charge >= 0.3 is 0 Å². The highest BCUT2D eigenvalue weighted by Gasteiger charge is 2.26. The summed E-state index contributed by atoms with van der Waals surface area (Å²) in [5.74, 6) is 0.762. The second-order valence-corrected chi connectivity index (χ2v) is 5.61. The van der Waals surface area contributed by atoms with Crippen LogP contribution in [0.25, 0.3) is 0 Å². The molecule has 1 fully saturated rings. The molecule has 2 unspecified atom stereocenters. The number of carbonyl (C=O) groups excluding carboxylic acids is 1. The summed E-state index contributed by atoms with van der Waals surface area (Å²) in [6, 6.07) is 7.40. The number of hydrogen-bond donors (Lipinski definition) is 2. The third-order valence-electron chi connectivity index (χ3n) is 3.92. The van der Waals surface area contributed by atoms with Crippen molar-refractivity contribution < 1.29 is 9.90 Å². The molecule has 0 spiro atoms. The first-order chi connectivity index (χ1) is 9.20. The highest BCUT2D eigenvalue weighted by atomic mass is 35.5. The van der Waals surface area contributed by atoms with Gasteiger partial charge in [-0.25, -0.2) is 0 Å². The zero-order chi connectivity index (χ0) is 13.7. The second kappa shape index (κ2) is 6.92. The summed E-state index contributed by atoms with van der Waals surface area (Å²) in [5, 5.41) is 12.8. The van der Waals surface area contributed by atoms with Crippen LogP contribution in [0.5, 0.6) is 0 Å². The molecule has 0 saturated heterocycles. The summed E-state index contributed by atoms with van der Waals surface area (Å²) >= 11 is 6.03. The number of rotatable bonds is 5. The third-order valence-corrected chi connectivity index (χ3v) is 4.29. The standard InChI is InChI=1S/C15H20ClNO2/c16-14-7-2-1-4-11(14)8-15(19)17-9-12-5-3-6-13(12)10-18/h1-2,4,7,12-13,18H,3,5-6,8-10H2,(H,17,19). The maximum atomic E-state index is 11.9. The van der Waals surface area contributed by atoms with Crippen LogP contribution in [0.1, 0.15) is 24.8 Å². The van der Waals surface area contributed by atoms with E-state index in [4.69, 9.17) is 11.6 Å². The molecule has 1 aliphatic carbocycles. The van der Waals surface area contributed by atoms with Crippen molar-refractivity contribution in [3.05, 3.63) is 34.9 Å². The molecular weight excluding hydrogens is 262 g/mol. The van der Waals surface area contributed by atoms with Crippen LogP contribution in [-0.4, -0.2) is 24.2 Å². The van der Waals surface area contributed by atoms with E-state index < -0.39 is 0 Å². The fraction of sp³-hybridized carbons (Fsp3) is 0.533. The van der Waals surface area contributed by atoms with Gasteiger partial charge in [0.2, 0.25) is 5.91 Å². The molecule has 0 aromatic heterocycles. The third kappa shape index (κ3) is 3.95. The van der Waals surface area contributed by atoms with Gasteiger partial charge in [-0.1, -0.05) is 36.2 Å². The Balaban J connectivity index is 1.80. The Bertz CT molecular complexity index is 436. The highest BCUT2D eigenvalue weighted by Crippen LogP contribution is 2.30. The molecule has 2 atom stereocenters. The number of aliphatic hydroxyl groups is 1. The van der Waals surface area contributed by atoms with Crippen LogP contribution in [0, 0.1) is 11.8 Å². The van der Waals surface area contributed by atoms with Crippen LogP contribution in [0.3, 0.4) is 0 Å². The molecular formula is C15H20ClNO2. The van der Waals surface area contributed by atoms with Crippen molar-refractivity contribution in [2.24, 2.45) is 11.8 Å². The van der Waals surface area contributed by atoms with E-state index >= 15 is 0 Å². The van der Waals surface area contributed by atoms with Crippen molar-refractivity contribution in [3.63, 3.8) is 0 Å². The minimum atomic E-state index is -0.00307. The molecule has 0 aliphatic heterocycles. The van der Waals surface area contributed by atoms with E-state index in [-0.39, 0.29) is 12.5 Å². The molecule has 1 aliphatic rings. The number of halogens is 1. The van der Waals surface area contributed by atoms with Gasteiger partial charge in [0.1, 0.15) is 0 Å². The normalized spacial score (nSPS) is 22.4. The molecule has 1 saturated carbocycles. The molecule has 2 rings (SSSR count). The first-order valence-electron chi connectivity index (χ1n) is 6.81. The smallest absolute Gasteiger partial charge is 0.224 e. The maximum Gasteiger partial charge on any atom is 0.224 e. The van der Waals surface area contributed by atoms with Crippen molar-refractivity contribution in [3.8, 4) is 0 Å². The number of hydrogen-bond acceptors (Lipinski definition) is 2. The molecule has 2 N–H and O–H groups in total. The number of carbonyl (C=O) groups is 1. The maximum absolute atomic E-state index is 11.9. The quantitative estimate of drug-likeness (QED) is 0.871. The fourth-order valence-corrected chi connectivity index (χ4v) is 2.95. The average Bonchev–Trinajstić information content (AvgIpc) is 2.86. The molecule has 1 aromatic rings. The van der Waals surface area contributed by atoms with Gasteiger partial charge in [0.25, 0.3) is 0 Å².